The Morgan fingerprint density at radius 1 is 1.09 bits per heavy atom. The molecule has 1 amide bonds. The van der Waals surface area contributed by atoms with Gasteiger partial charge in [0.15, 0.2) is 0 Å². The smallest absolute Gasteiger partial charge is 0.481 e. The van der Waals surface area contributed by atoms with Crippen LogP contribution >= 0.6 is 0 Å². The van der Waals surface area contributed by atoms with Crippen LogP contribution < -0.4 is 0 Å². The molecule has 1 saturated heterocycles. The number of amides is 1. The monoisotopic (exact) mass is 480 g/mol. The van der Waals surface area contributed by atoms with Crippen molar-refractivity contribution in [1.29, 1.82) is 0 Å². The van der Waals surface area contributed by atoms with E-state index in [2.05, 4.69) is 58.3 Å². The summed E-state index contributed by atoms with van der Waals surface area (Å²) in [6, 6.07) is 2.09. The number of carboxylic acids is 1. The normalized spacial score (nSPS) is 24.5. The van der Waals surface area contributed by atoms with E-state index in [9.17, 15) is 14.7 Å². The van der Waals surface area contributed by atoms with Crippen LogP contribution in [0.4, 0.5) is 0 Å². The van der Waals surface area contributed by atoms with Crippen molar-refractivity contribution in [3.63, 3.8) is 0 Å². The number of carbonyl (C=O) groups is 2. The number of fused-ring (bicyclic) bond motifs is 3. The Labute approximate surface area is 208 Å². The third kappa shape index (κ3) is 3.89. The summed E-state index contributed by atoms with van der Waals surface area (Å²) < 4.78 is 14.0. The van der Waals surface area contributed by atoms with Gasteiger partial charge in [0.05, 0.1) is 13.2 Å². The highest BCUT2D eigenvalue weighted by Crippen LogP contribution is 2.54. The molecule has 2 aliphatic heterocycles. The number of carbonyl (C=O) groups excluding carboxylic acids is 1. The van der Waals surface area contributed by atoms with Gasteiger partial charge in [-0.15, -0.1) is 0 Å². The van der Waals surface area contributed by atoms with E-state index >= 15 is 0 Å². The quantitative estimate of drug-likeness (QED) is 0.638. The fourth-order valence-electron chi connectivity index (χ4n) is 6.34. The van der Waals surface area contributed by atoms with Crippen LogP contribution in [0.2, 0.25) is 0 Å². The molecule has 7 nitrogen and oxygen atoms in total. The van der Waals surface area contributed by atoms with E-state index in [1.165, 1.54) is 11.3 Å². The Bertz CT molecular complexity index is 1150. The zero-order valence-corrected chi connectivity index (χ0v) is 21.9. The van der Waals surface area contributed by atoms with Crippen LogP contribution in [-0.4, -0.2) is 53.3 Å². The molecule has 2 aliphatic carbocycles. The van der Waals surface area contributed by atoms with Gasteiger partial charge in [-0.2, -0.15) is 0 Å². The van der Waals surface area contributed by atoms with E-state index < -0.39 is 18.5 Å². The standard InChI is InChI=1S/C27H37BN2O5/c1-25(2)14-17-13-20-24(33)30(10-9-29(20)21(17)16-25)23-18(7-8-22(31)32)19(28-34-11-12-35-28)15-26(3,4)27(23,5)6/h13,15H,7-12,14,16H2,1-6H3,(H,31,32). The second-order valence-corrected chi connectivity index (χ2v) is 12.4. The van der Waals surface area contributed by atoms with Gasteiger partial charge >= 0.3 is 13.1 Å². The van der Waals surface area contributed by atoms with Crippen molar-refractivity contribution in [2.45, 2.75) is 73.8 Å². The van der Waals surface area contributed by atoms with Gasteiger partial charge in [-0.3, -0.25) is 9.59 Å². The predicted molar refractivity (Wildman–Crippen MR) is 134 cm³/mol. The number of aromatic nitrogens is 1. The number of carboxylic acid groups (broad SMARTS) is 1. The molecule has 0 bridgehead atoms. The van der Waals surface area contributed by atoms with Crippen LogP contribution in [0.25, 0.3) is 0 Å². The molecule has 0 radical (unpaired) electrons. The predicted octanol–water partition coefficient (Wildman–Crippen LogP) is 4.25. The lowest BCUT2D eigenvalue weighted by molar-refractivity contribution is -0.136. The molecule has 4 aliphatic rings. The molecular weight excluding hydrogens is 443 g/mol. The van der Waals surface area contributed by atoms with Crippen LogP contribution in [-0.2, 0) is 33.5 Å². The zero-order valence-electron chi connectivity index (χ0n) is 21.9. The molecule has 0 spiro atoms. The molecule has 3 heterocycles. The highest BCUT2D eigenvalue weighted by atomic mass is 16.6. The number of rotatable bonds is 5. The minimum absolute atomic E-state index is 0.00432. The third-order valence-electron chi connectivity index (χ3n) is 8.71. The summed E-state index contributed by atoms with van der Waals surface area (Å²) in [5.74, 6) is -0.852. The average Bonchev–Trinajstić information content (AvgIpc) is 3.45. The van der Waals surface area contributed by atoms with Crippen molar-refractivity contribution in [3.8, 4) is 0 Å². The first-order chi connectivity index (χ1) is 16.3. The van der Waals surface area contributed by atoms with Crippen molar-refractivity contribution in [2.75, 3.05) is 19.8 Å². The molecular formula is C27H37BN2O5. The lowest BCUT2D eigenvalue weighted by Gasteiger charge is -2.50. The molecule has 1 fully saturated rings. The SMILES string of the molecule is CC1(C)Cc2cc3n(c2C1)CCN(C1=C(CCC(=O)O)C(B2OCCO2)=CC(C)(C)C1(C)C)C3=O. The fourth-order valence-corrected chi connectivity index (χ4v) is 6.34. The Hall–Kier alpha value is -2.32. The molecule has 0 atom stereocenters. The molecule has 0 aromatic carbocycles. The van der Waals surface area contributed by atoms with Crippen molar-refractivity contribution in [2.24, 2.45) is 16.2 Å². The van der Waals surface area contributed by atoms with Crippen molar-refractivity contribution in [3.05, 3.63) is 45.8 Å². The highest BCUT2D eigenvalue weighted by molar-refractivity contribution is 6.55. The highest BCUT2D eigenvalue weighted by Gasteiger charge is 2.50. The van der Waals surface area contributed by atoms with Crippen LogP contribution in [0.5, 0.6) is 0 Å². The number of allylic oxidation sites excluding steroid dienone is 4. The van der Waals surface area contributed by atoms with Crippen molar-refractivity contribution >= 4 is 19.0 Å². The molecule has 5 rings (SSSR count). The van der Waals surface area contributed by atoms with Gasteiger partial charge in [0.2, 0.25) is 0 Å². The van der Waals surface area contributed by atoms with Crippen LogP contribution in [0, 0.1) is 16.2 Å². The summed E-state index contributed by atoms with van der Waals surface area (Å²) in [6.45, 7) is 15.6. The lowest BCUT2D eigenvalue weighted by Crippen LogP contribution is -2.50. The van der Waals surface area contributed by atoms with E-state index in [-0.39, 0.29) is 23.2 Å². The summed E-state index contributed by atoms with van der Waals surface area (Å²) in [4.78, 5) is 27.6. The van der Waals surface area contributed by atoms with Crippen LogP contribution in [0.15, 0.2) is 28.9 Å². The summed E-state index contributed by atoms with van der Waals surface area (Å²) in [5, 5.41) is 9.53. The van der Waals surface area contributed by atoms with Gasteiger partial charge in [-0.1, -0.05) is 47.6 Å². The first-order valence-electron chi connectivity index (χ1n) is 12.8. The van der Waals surface area contributed by atoms with Gasteiger partial charge in [0.25, 0.3) is 5.91 Å². The maximum atomic E-state index is 14.1. The number of hydrogen-bond donors (Lipinski definition) is 1. The number of nitrogens with zero attached hydrogens (tertiary/aromatic N) is 2. The molecule has 0 saturated carbocycles. The number of aliphatic carboxylic acids is 1. The average molecular weight is 480 g/mol. The fraction of sp³-hybridized carbons (Fsp3) is 0.630. The molecule has 8 heteroatoms. The van der Waals surface area contributed by atoms with Gasteiger partial charge in [-0.25, -0.2) is 0 Å². The Balaban J connectivity index is 1.62. The Morgan fingerprint density at radius 3 is 2.43 bits per heavy atom. The molecule has 188 valence electrons. The summed E-state index contributed by atoms with van der Waals surface area (Å²) in [5.41, 5.74) is 5.54. The topological polar surface area (TPSA) is 81.0 Å². The van der Waals surface area contributed by atoms with Crippen molar-refractivity contribution < 1.29 is 24.0 Å². The zero-order chi connectivity index (χ0) is 25.3. The van der Waals surface area contributed by atoms with E-state index in [4.69, 9.17) is 9.31 Å². The van der Waals surface area contributed by atoms with Gasteiger partial charge < -0.3 is 23.9 Å². The van der Waals surface area contributed by atoms with Crippen molar-refractivity contribution in [1.82, 2.24) is 9.47 Å². The Morgan fingerprint density at radius 2 is 1.77 bits per heavy atom. The third-order valence-corrected chi connectivity index (χ3v) is 8.71. The van der Waals surface area contributed by atoms with Crippen LogP contribution in [0.3, 0.4) is 0 Å². The van der Waals surface area contributed by atoms with E-state index in [0.29, 0.717) is 26.2 Å². The lowest BCUT2D eigenvalue weighted by atomic mass is 9.55. The largest absolute Gasteiger partial charge is 0.494 e. The first-order valence-corrected chi connectivity index (χ1v) is 12.8. The maximum absolute atomic E-state index is 14.1. The summed E-state index contributed by atoms with van der Waals surface area (Å²) in [7, 11) is -0.529. The second-order valence-electron chi connectivity index (χ2n) is 12.4. The molecule has 1 N–H and O–H groups in total. The van der Waals surface area contributed by atoms with Gasteiger partial charge in [-0.05, 0) is 52.8 Å². The Kier molecular flexibility index (Phi) is 5.64. The first kappa shape index (κ1) is 24.4. The molecule has 1 aromatic rings. The van der Waals surface area contributed by atoms with Gasteiger partial charge in [0.1, 0.15) is 5.69 Å². The van der Waals surface area contributed by atoms with E-state index in [1.807, 2.05) is 4.90 Å². The molecule has 1 aromatic heterocycles. The summed E-state index contributed by atoms with van der Waals surface area (Å²) in [6.07, 6.45) is 4.47. The van der Waals surface area contributed by atoms with Gasteiger partial charge in [0, 0.05) is 36.3 Å². The summed E-state index contributed by atoms with van der Waals surface area (Å²) >= 11 is 0. The van der Waals surface area contributed by atoms with E-state index in [0.717, 1.165) is 41.8 Å². The minimum atomic E-state index is -0.856. The maximum Gasteiger partial charge on any atom is 0.494 e. The molecule has 35 heavy (non-hydrogen) atoms. The van der Waals surface area contributed by atoms with Crippen LogP contribution in [0.1, 0.15) is 76.1 Å². The second kappa shape index (κ2) is 8.10. The minimum Gasteiger partial charge on any atom is -0.481 e. The molecule has 0 unspecified atom stereocenters. The van der Waals surface area contributed by atoms with E-state index in [1.54, 1.807) is 0 Å². The number of hydrogen-bond acceptors (Lipinski definition) is 4.